The Kier molecular flexibility index (Phi) is 8.32. The van der Waals surface area contributed by atoms with Crippen molar-refractivity contribution >= 4 is 17.6 Å². The molecule has 5 rings (SSSR count). The van der Waals surface area contributed by atoms with Crippen molar-refractivity contribution in [1.82, 2.24) is 30.5 Å². The van der Waals surface area contributed by atoms with E-state index in [0.717, 1.165) is 42.8 Å². The third kappa shape index (κ3) is 6.69. The van der Waals surface area contributed by atoms with E-state index in [2.05, 4.69) is 31.1 Å². The number of nitrogens with zero attached hydrogens (tertiary/aromatic N) is 5. The van der Waals surface area contributed by atoms with Crippen molar-refractivity contribution in [3.8, 4) is 0 Å². The largest absolute Gasteiger partial charge is 0.490 e. The second-order valence-electron chi connectivity index (χ2n) is 9.07. The van der Waals surface area contributed by atoms with E-state index in [4.69, 9.17) is 9.90 Å². The summed E-state index contributed by atoms with van der Waals surface area (Å²) >= 11 is 0. The van der Waals surface area contributed by atoms with E-state index in [-0.39, 0.29) is 18.0 Å². The van der Waals surface area contributed by atoms with Crippen molar-refractivity contribution in [2.24, 2.45) is 0 Å². The molecule has 1 unspecified atom stereocenters. The van der Waals surface area contributed by atoms with E-state index >= 15 is 0 Å². The minimum Gasteiger partial charge on any atom is -0.475 e. The third-order valence-corrected chi connectivity index (χ3v) is 6.43. The first-order chi connectivity index (χ1) is 18.1. The number of carbonyl (C=O) groups excluding carboxylic acids is 1. The molecule has 202 valence electrons. The quantitative estimate of drug-likeness (QED) is 0.373. The number of pyridine rings is 1. The van der Waals surface area contributed by atoms with Gasteiger partial charge in [0, 0.05) is 42.1 Å². The molecule has 4 heterocycles. The third-order valence-electron chi connectivity index (χ3n) is 6.43. The van der Waals surface area contributed by atoms with Gasteiger partial charge < -0.3 is 20.8 Å². The zero-order valence-corrected chi connectivity index (χ0v) is 20.0. The van der Waals surface area contributed by atoms with Gasteiger partial charge in [0.25, 0.3) is 0 Å². The Hall–Kier alpha value is -3.91. The van der Waals surface area contributed by atoms with Crippen LogP contribution in [-0.2, 0) is 22.4 Å². The lowest BCUT2D eigenvalue weighted by Gasteiger charge is -2.20. The maximum Gasteiger partial charge on any atom is 0.490 e. The van der Waals surface area contributed by atoms with Crippen LogP contribution in [0.3, 0.4) is 0 Å². The number of halogens is 3. The molecule has 1 fully saturated rings. The molecule has 4 N–H and O–H groups in total. The molecule has 1 saturated heterocycles. The van der Waals surface area contributed by atoms with Crippen molar-refractivity contribution in [2.75, 3.05) is 5.32 Å². The molecule has 4 atom stereocenters. The monoisotopic (exact) mass is 533 g/mol. The lowest BCUT2D eigenvalue weighted by molar-refractivity contribution is -0.192. The summed E-state index contributed by atoms with van der Waals surface area (Å²) in [7, 11) is 0. The fourth-order valence-corrected chi connectivity index (χ4v) is 4.53. The fraction of sp³-hybridized carbons (Fsp3) is 0.417. The predicted molar refractivity (Wildman–Crippen MR) is 127 cm³/mol. The molecule has 1 amide bonds. The van der Waals surface area contributed by atoms with Gasteiger partial charge in [-0.1, -0.05) is 18.2 Å². The van der Waals surface area contributed by atoms with Gasteiger partial charge in [-0.2, -0.15) is 13.2 Å². The summed E-state index contributed by atoms with van der Waals surface area (Å²) in [6.45, 7) is 0. The first-order valence-corrected chi connectivity index (χ1v) is 11.9. The number of alkyl halides is 3. The highest BCUT2D eigenvalue weighted by Crippen LogP contribution is 2.27. The molecule has 2 aromatic heterocycles. The van der Waals surface area contributed by atoms with Gasteiger partial charge in [0.1, 0.15) is 6.04 Å². The first kappa shape index (κ1) is 27.1. The summed E-state index contributed by atoms with van der Waals surface area (Å²) in [4.78, 5) is 25.6. The number of aliphatic hydroxyl groups excluding tert-OH is 1. The molecule has 3 aromatic rings. The van der Waals surface area contributed by atoms with Crippen LogP contribution < -0.4 is 10.6 Å². The Bertz CT molecular complexity index is 1240. The molecule has 38 heavy (non-hydrogen) atoms. The highest BCUT2D eigenvalue weighted by Gasteiger charge is 2.38. The average molecular weight is 534 g/mol. The number of tetrazole rings is 1. The molecule has 0 bridgehead atoms. The van der Waals surface area contributed by atoms with E-state index in [1.165, 1.54) is 5.56 Å². The van der Waals surface area contributed by atoms with E-state index in [1.54, 1.807) is 17.1 Å². The molecular weight excluding hydrogens is 507 g/mol. The van der Waals surface area contributed by atoms with E-state index < -0.39 is 18.2 Å². The zero-order valence-electron chi connectivity index (χ0n) is 20.0. The van der Waals surface area contributed by atoms with Crippen LogP contribution in [0.5, 0.6) is 0 Å². The summed E-state index contributed by atoms with van der Waals surface area (Å²) < 4.78 is 33.3. The van der Waals surface area contributed by atoms with Crippen LogP contribution in [-0.4, -0.2) is 65.5 Å². The Balaban J connectivity index is 0.000000426. The molecule has 14 heteroatoms. The number of hydrogen-bond donors (Lipinski definition) is 4. The number of aromatic nitrogens is 5. The Morgan fingerprint density at radius 3 is 2.55 bits per heavy atom. The van der Waals surface area contributed by atoms with Gasteiger partial charge in [-0.05, 0) is 59.9 Å². The van der Waals surface area contributed by atoms with Crippen LogP contribution in [0.15, 0.2) is 48.8 Å². The number of rotatable bonds is 6. The van der Waals surface area contributed by atoms with Gasteiger partial charge in [-0.3, -0.25) is 9.78 Å². The smallest absolute Gasteiger partial charge is 0.475 e. The van der Waals surface area contributed by atoms with Crippen LogP contribution >= 0.6 is 0 Å². The number of carboxylic acid groups (broad SMARTS) is 1. The van der Waals surface area contributed by atoms with Crippen molar-refractivity contribution in [3.63, 3.8) is 0 Å². The number of amides is 1. The summed E-state index contributed by atoms with van der Waals surface area (Å²) in [5, 5.41) is 35.7. The predicted octanol–water partition coefficient (Wildman–Crippen LogP) is 2.22. The number of aliphatic hydroxyl groups is 1. The van der Waals surface area contributed by atoms with Gasteiger partial charge in [-0.15, -0.1) is 5.10 Å². The van der Waals surface area contributed by atoms with Crippen LogP contribution in [0.4, 0.5) is 18.9 Å². The summed E-state index contributed by atoms with van der Waals surface area (Å²) in [5.74, 6) is -2.09. The lowest BCUT2D eigenvalue weighted by atomic mass is 10.0. The molecule has 0 saturated carbocycles. The second kappa shape index (κ2) is 11.6. The second-order valence-corrected chi connectivity index (χ2v) is 9.07. The molecule has 1 aromatic carbocycles. The maximum absolute atomic E-state index is 12.6. The summed E-state index contributed by atoms with van der Waals surface area (Å²) in [5.41, 5.74) is 2.80. The molecule has 2 aliphatic heterocycles. The molecule has 2 aliphatic rings. The standard InChI is InChI=1S/C22H25N7O2.C2HF3O2/c30-21(15-2-1-11-23-13-15)18-8-7-17(24-18)12-14-3-5-16(6-4-14)25-22(31)19-9-10-20-26-27-28-29(19)20;3-2(4,5)1(6)7/h1-6,11,13,17-19,21,24,30H,7-10,12H2,(H,25,31);(H,6,7)/t17-,18+,19?,21+;/m0./s1. The Morgan fingerprint density at radius 2 is 1.89 bits per heavy atom. The van der Waals surface area contributed by atoms with Gasteiger partial charge in [0.15, 0.2) is 5.82 Å². The van der Waals surface area contributed by atoms with Crippen LogP contribution in [0.1, 0.15) is 48.4 Å². The van der Waals surface area contributed by atoms with Crippen molar-refractivity contribution in [2.45, 2.75) is 62.5 Å². The van der Waals surface area contributed by atoms with Crippen LogP contribution in [0, 0.1) is 0 Å². The summed E-state index contributed by atoms with van der Waals surface area (Å²) in [6.07, 6.45) is 2.03. The van der Waals surface area contributed by atoms with Gasteiger partial charge in [-0.25, -0.2) is 9.48 Å². The van der Waals surface area contributed by atoms with E-state index in [1.807, 2.05) is 36.4 Å². The number of carbonyl (C=O) groups is 2. The minimum atomic E-state index is -5.08. The number of fused-ring (bicyclic) bond motifs is 1. The normalized spacial score (nSPS) is 21.2. The van der Waals surface area contributed by atoms with Crippen molar-refractivity contribution in [1.29, 1.82) is 0 Å². The number of hydrogen-bond acceptors (Lipinski definition) is 8. The van der Waals surface area contributed by atoms with E-state index in [9.17, 15) is 23.1 Å². The summed E-state index contributed by atoms with van der Waals surface area (Å²) in [6, 6.07) is 11.7. The van der Waals surface area contributed by atoms with Gasteiger partial charge in [0.05, 0.1) is 6.10 Å². The minimum absolute atomic E-state index is 0.0374. The van der Waals surface area contributed by atoms with Crippen LogP contribution in [0.2, 0.25) is 0 Å². The van der Waals surface area contributed by atoms with Crippen molar-refractivity contribution < 1.29 is 33.0 Å². The fourth-order valence-electron chi connectivity index (χ4n) is 4.53. The topological polar surface area (TPSA) is 155 Å². The first-order valence-electron chi connectivity index (χ1n) is 11.9. The number of aryl methyl sites for hydroxylation is 1. The van der Waals surface area contributed by atoms with Gasteiger partial charge >= 0.3 is 12.1 Å². The molecule has 11 nitrogen and oxygen atoms in total. The molecular formula is C24H26F3N7O4. The maximum atomic E-state index is 12.6. The molecule has 0 aliphatic carbocycles. The van der Waals surface area contributed by atoms with E-state index in [0.29, 0.717) is 12.5 Å². The molecule has 0 spiro atoms. The molecule has 0 radical (unpaired) electrons. The number of nitrogens with one attached hydrogen (secondary N) is 2. The van der Waals surface area contributed by atoms with Gasteiger partial charge in [0.2, 0.25) is 5.91 Å². The number of anilines is 1. The highest BCUT2D eigenvalue weighted by atomic mass is 19.4. The number of aliphatic carboxylic acids is 1. The Labute approximate surface area is 215 Å². The highest BCUT2D eigenvalue weighted by molar-refractivity contribution is 5.93. The van der Waals surface area contributed by atoms with Crippen molar-refractivity contribution in [3.05, 3.63) is 65.7 Å². The zero-order chi connectivity index (χ0) is 27.3. The van der Waals surface area contributed by atoms with Crippen LogP contribution in [0.25, 0.3) is 0 Å². The average Bonchev–Trinajstić information content (AvgIpc) is 3.63. The number of carboxylic acids is 1. The number of benzene rings is 1. The SMILES string of the molecule is O=C(Nc1ccc(C[C@@H]2CC[C@H]([C@H](O)c3cccnc3)N2)cc1)C1CCc2nnnn21.O=C(O)C(F)(F)F. The Morgan fingerprint density at radius 1 is 1.16 bits per heavy atom. The lowest BCUT2D eigenvalue weighted by Crippen LogP contribution is -2.35.